The number of hydrazine groups is 1. The number of nitrogens with two attached hydrogens (primary N) is 1. The lowest BCUT2D eigenvalue weighted by Gasteiger charge is -2.22. The van der Waals surface area contributed by atoms with Crippen molar-refractivity contribution >= 4 is 23.4 Å². The summed E-state index contributed by atoms with van der Waals surface area (Å²) in [5.74, 6) is 6.63. The van der Waals surface area contributed by atoms with Crippen LogP contribution in [-0.2, 0) is 25.6 Å². The summed E-state index contributed by atoms with van der Waals surface area (Å²) in [5, 5.41) is 0.671. The molecule has 1 aliphatic heterocycles. The number of benzene rings is 2. The predicted molar refractivity (Wildman–Crippen MR) is 154 cm³/mol. The molecular weight excluding hydrogens is 536 g/mol. The first kappa shape index (κ1) is 31.0. The molecular formula is C29H37ClN4O6. The molecule has 0 aliphatic carbocycles. The molecule has 1 aromatic heterocycles. The predicted octanol–water partition coefficient (Wildman–Crippen LogP) is 4.60. The summed E-state index contributed by atoms with van der Waals surface area (Å²) < 4.78 is 29.4. The van der Waals surface area contributed by atoms with E-state index < -0.39 is 11.6 Å². The Morgan fingerprint density at radius 2 is 1.93 bits per heavy atom. The summed E-state index contributed by atoms with van der Waals surface area (Å²) in [4.78, 5) is 15.3. The van der Waals surface area contributed by atoms with Gasteiger partial charge in [-0.3, -0.25) is 4.99 Å². The Hall–Kier alpha value is -3.57. The summed E-state index contributed by atoms with van der Waals surface area (Å²) in [5.41, 5.74) is 5.46. The highest BCUT2D eigenvalue weighted by atomic mass is 35.5. The number of nitrogens with zero attached hydrogens (tertiary/aromatic N) is 2. The van der Waals surface area contributed by atoms with E-state index >= 15 is 0 Å². The van der Waals surface area contributed by atoms with Crippen LogP contribution in [0.1, 0.15) is 43.7 Å². The van der Waals surface area contributed by atoms with E-state index in [9.17, 15) is 4.79 Å². The molecule has 1 aliphatic rings. The maximum atomic E-state index is 11.3. The van der Waals surface area contributed by atoms with Crippen molar-refractivity contribution in [3.8, 4) is 17.2 Å². The summed E-state index contributed by atoms with van der Waals surface area (Å²) >= 11 is 6.30. The van der Waals surface area contributed by atoms with E-state index in [1.54, 1.807) is 28.1 Å². The molecule has 0 radical (unpaired) electrons. The van der Waals surface area contributed by atoms with Crippen molar-refractivity contribution in [2.24, 2.45) is 10.8 Å². The van der Waals surface area contributed by atoms with E-state index in [1.807, 2.05) is 55.6 Å². The summed E-state index contributed by atoms with van der Waals surface area (Å²) in [6.45, 7) is 6.36. The minimum absolute atomic E-state index is 0.145. The number of esters is 1. The van der Waals surface area contributed by atoms with Gasteiger partial charge < -0.3 is 33.7 Å². The van der Waals surface area contributed by atoms with E-state index in [4.69, 9.17) is 36.4 Å². The second kappa shape index (κ2) is 14.2. The van der Waals surface area contributed by atoms with Crippen molar-refractivity contribution in [2.75, 3.05) is 34.5 Å². The number of ether oxygens (including phenoxy) is 5. The van der Waals surface area contributed by atoms with Crippen LogP contribution in [0.5, 0.6) is 11.5 Å². The first-order valence-corrected chi connectivity index (χ1v) is 13.1. The van der Waals surface area contributed by atoms with Crippen LogP contribution in [0.4, 0.5) is 0 Å². The van der Waals surface area contributed by atoms with Crippen LogP contribution in [0, 0.1) is 0 Å². The molecule has 11 heteroatoms. The number of aromatic nitrogens is 1. The normalized spacial score (nSPS) is 14.6. The topological polar surface area (TPSA) is 119 Å². The molecule has 40 heavy (non-hydrogen) atoms. The molecule has 0 saturated heterocycles. The van der Waals surface area contributed by atoms with Crippen molar-refractivity contribution < 1.29 is 28.5 Å². The molecule has 0 spiro atoms. The zero-order chi connectivity index (χ0) is 29.3. The molecule has 2 aromatic carbocycles. The number of aliphatic imine (C=N–C) groups is 1. The third-order valence-corrected chi connectivity index (χ3v) is 6.48. The van der Waals surface area contributed by atoms with Crippen molar-refractivity contribution in [1.82, 2.24) is 9.99 Å². The first-order chi connectivity index (χ1) is 19.2. The summed E-state index contributed by atoms with van der Waals surface area (Å²) in [6, 6.07) is 15.8. The molecule has 0 bridgehead atoms. The molecule has 2 heterocycles. The average Bonchev–Trinajstić information content (AvgIpc) is 3.37. The Bertz CT molecular complexity index is 1320. The maximum absolute atomic E-state index is 11.3. The second-order valence-corrected chi connectivity index (χ2v) is 9.64. The number of para-hydroxylation sites is 1. The van der Waals surface area contributed by atoms with Gasteiger partial charge in [0.2, 0.25) is 0 Å². The lowest BCUT2D eigenvalue weighted by molar-refractivity contribution is -0.163. The lowest BCUT2D eigenvalue weighted by Crippen LogP contribution is -2.41. The number of hydrogen-bond acceptors (Lipinski definition) is 8. The van der Waals surface area contributed by atoms with Crippen molar-refractivity contribution in [3.63, 3.8) is 0 Å². The zero-order valence-corrected chi connectivity index (χ0v) is 24.4. The Morgan fingerprint density at radius 3 is 2.58 bits per heavy atom. The van der Waals surface area contributed by atoms with Crippen molar-refractivity contribution in [1.29, 1.82) is 0 Å². The van der Waals surface area contributed by atoms with Gasteiger partial charge in [-0.05, 0) is 57.2 Å². The van der Waals surface area contributed by atoms with Crippen LogP contribution in [0.3, 0.4) is 0 Å². The Labute approximate surface area is 239 Å². The fourth-order valence-corrected chi connectivity index (χ4v) is 4.42. The second-order valence-electron chi connectivity index (χ2n) is 9.20. The highest BCUT2D eigenvalue weighted by Gasteiger charge is 2.30. The van der Waals surface area contributed by atoms with E-state index in [0.29, 0.717) is 35.5 Å². The van der Waals surface area contributed by atoms with Crippen LogP contribution < -0.4 is 20.7 Å². The minimum atomic E-state index is -1.000. The van der Waals surface area contributed by atoms with Crippen LogP contribution in [-0.4, -0.2) is 56.5 Å². The number of carbonyl (C=O) groups excluding carboxylic acids is 1. The van der Waals surface area contributed by atoms with Gasteiger partial charge in [-0.2, -0.15) is 0 Å². The van der Waals surface area contributed by atoms with Crippen LogP contribution in [0.2, 0.25) is 5.02 Å². The van der Waals surface area contributed by atoms with Gasteiger partial charge in [0.05, 0.1) is 33.6 Å². The largest absolute Gasteiger partial charge is 0.493 e. The molecule has 0 fully saturated rings. The number of nitrogens with one attached hydrogen (secondary N) is 1. The quantitative estimate of drug-likeness (QED) is 0.132. The fraction of sp³-hybridized carbons (Fsp3) is 0.379. The highest BCUT2D eigenvalue weighted by Crippen LogP contribution is 2.43. The molecule has 1 atom stereocenters. The fourth-order valence-electron chi connectivity index (χ4n) is 4.24. The molecule has 0 saturated carbocycles. The van der Waals surface area contributed by atoms with Gasteiger partial charge in [0.1, 0.15) is 18.5 Å². The van der Waals surface area contributed by atoms with Gasteiger partial charge in [0.25, 0.3) is 0 Å². The number of methoxy groups -OCH3 is 3. The van der Waals surface area contributed by atoms with Crippen molar-refractivity contribution in [3.05, 3.63) is 76.6 Å². The van der Waals surface area contributed by atoms with E-state index in [0.717, 1.165) is 22.5 Å². The number of fused-ring (bicyclic) bond motifs is 3. The number of carbonyl (C=O) groups is 1. The Morgan fingerprint density at radius 1 is 1.15 bits per heavy atom. The van der Waals surface area contributed by atoms with Gasteiger partial charge >= 0.3 is 5.97 Å². The molecule has 3 aromatic rings. The molecule has 3 N–H and O–H groups in total. The van der Waals surface area contributed by atoms with E-state index in [1.165, 1.54) is 7.11 Å². The van der Waals surface area contributed by atoms with Crippen LogP contribution in [0.25, 0.3) is 5.69 Å². The zero-order valence-electron chi connectivity index (χ0n) is 23.7. The summed E-state index contributed by atoms with van der Waals surface area (Å²) in [7, 11) is 4.59. The number of halogens is 1. The smallest absolute Gasteiger partial charge is 0.337 e. The number of hydrogen-bond donors (Lipinski definition) is 2. The lowest BCUT2D eigenvalue weighted by atomic mass is 9.98. The van der Waals surface area contributed by atoms with Gasteiger partial charge in [-0.15, -0.1) is 0 Å². The van der Waals surface area contributed by atoms with Gasteiger partial charge in [-0.25, -0.2) is 10.6 Å². The molecule has 0 amide bonds. The minimum Gasteiger partial charge on any atom is -0.493 e. The van der Waals surface area contributed by atoms with E-state index in [2.05, 4.69) is 25.8 Å². The van der Waals surface area contributed by atoms with Crippen LogP contribution >= 0.6 is 11.6 Å². The molecule has 10 nitrogen and oxygen atoms in total. The van der Waals surface area contributed by atoms with Gasteiger partial charge in [0.15, 0.2) is 17.1 Å². The van der Waals surface area contributed by atoms with Gasteiger partial charge in [-0.1, -0.05) is 23.7 Å². The standard InChI is InChI=1S/C20H18ClNO3.C9H19N3O3/c1-23-18-7-3-6-15(20(18)24-2)19-16-11-13(21)8-9-17(16)22-10-4-5-14(22)12-25-19;1-5-11-7(12-10)6-15-9(2,3)8(13)14-4/h3-11,19H,12H2,1-2H3;5-6,10H2,1-4H3,(H,11,12)/t19-;/m1./s1. The highest BCUT2D eigenvalue weighted by molar-refractivity contribution is 6.30. The molecule has 216 valence electrons. The number of amidine groups is 1. The maximum Gasteiger partial charge on any atom is 0.337 e. The monoisotopic (exact) mass is 572 g/mol. The third kappa shape index (κ3) is 7.14. The van der Waals surface area contributed by atoms with Gasteiger partial charge in [0, 0.05) is 34.6 Å². The van der Waals surface area contributed by atoms with Crippen molar-refractivity contribution in [2.45, 2.75) is 39.1 Å². The Balaban J connectivity index is 0.000000255. The number of rotatable bonds is 8. The average molecular weight is 573 g/mol. The molecule has 4 rings (SSSR count). The Kier molecular flexibility index (Phi) is 11.0. The molecule has 0 unspecified atom stereocenters. The van der Waals surface area contributed by atoms with E-state index in [-0.39, 0.29) is 12.7 Å². The summed E-state index contributed by atoms with van der Waals surface area (Å²) in [6.07, 6.45) is 1.73. The SMILES string of the molecule is CCN=C(COC(C)(C)C(=O)OC)NN.COc1cccc([C@H]2OCc3cccn3-c3ccc(Cl)cc32)c1OC. The first-order valence-electron chi connectivity index (χ1n) is 12.7. The third-order valence-electron chi connectivity index (χ3n) is 6.24. The van der Waals surface area contributed by atoms with Crippen LogP contribution in [0.15, 0.2) is 59.7 Å².